The number of ether oxygens (including phenoxy) is 1. The van der Waals surface area contributed by atoms with Crippen molar-refractivity contribution in [3.63, 3.8) is 0 Å². The molecule has 0 radical (unpaired) electrons. The molecule has 0 bridgehead atoms. The van der Waals surface area contributed by atoms with Crippen LogP contribution in [0.3, 0.4) is 0 Å². The van der Waals surface area contributed by atoms with Gasteiger partial charge in [-0.1, -0.05) is 29.8 Å². The molecule has 4 rings (SSSR count). The standard InChI is InChI=1S/C20H19N3O2S/c1-14-6-8-16(9-7-14)25-11-15(24)10-23-19-5-3-2-4-17(19)22-20(23)18-12-26-13-21-18/h2-9,12-13,15,24H,10-11H2,1H3. The van der Waals surface area contributed by atoms with Crippen molar-refractivity contribution in [1.29, 1.82) is 0 Å². The highest BCUT2D eigenvalue weighted by atomic mass is 32.1. The van der Waals surface area contributed by atoms with Gasteiger partial charge in [-0.05, 0) is 31.2 Å². The predicted molar refractivity (Wildman–Crippen MR) is 104 cm³/mol. The molecule has 0 saturated heterocycles. The summed E-state index contributed by atoms with van der Waals surface area (Å²) in [6, 6.07) is 15.7. The number of fused-ring (bicyclic) bond motifs is 1. The van der Waals surface area contributed by atoms with E-state index in [1.165, 1.54) is 16.9 Å². The highest BCUT2D eigenvalue weighted by Crippen LogP contribution is 2.25. The Balaban J connectivity index is 1.56. The van der Waals surface area contributed by atoms with Crippen molar-refractivity contribution < 1.29 is 9.84 Å². The summed E-state index contributed by atoms with van der Waals surface area (Å²) in [4.78, 5) is 9.07. The summed E-state index contributed by atoms with van der Waals surface area (Å²) in [5.41, 5.74) is 5.65. The summed E-state index contributed by atoms with van der Waals surface area (Å²) in [7, 11) is 0. The number of para-hydroxylation sites is 2. The molecule has 5 nitrogen and oxygen atoms in total. The largest absolute Gasteiger partial charge is 0.491 e. The number of imidazole rings is 1. The molecule has 0 amide bonds. The van der Waals surface area contributed by atoms with Gasteiger partial charge in [-0.2, -0.15) is 0 Å². The van der Waals surface area contributed by atoms with E-state index in [4.69, 9.17) is 9.72 Å². The molecule has 2 aromatic heterocycles. The van der Waals surface area contributed by atoms with E-state index >= 15 is 0 Å². The first-order valence-corrected chi connectivity index (χ1v) is 9.36. The van der Waals surface area contributed by atoms with Crippen molar-refractivity contribution in [2.24, 2.45) is 0 Å². The lowest BCUT2D eigenvalue weighted by molar-refractivity contribution is 0.0938. The lowest BCUT2D eigenvalue weighted by Crippen LogP contribution is -2.24. The van der Waals surface area contributed by atoms with Crippen LogP contribution in [0.15, 0.2) is 59.4 Å². The molecule has 1 N–H and O–H groups in total. The van der Waals surface area contributed by atoms with Gasteiger partial charge in [0, 0.05) is 5.38 Å². The van der Waals surface area contributed by atoms with Crippen LogP contribution in [0, 0.1) is 6.92 Å². The first-order chi connectivity index (χ1) is 12.7. The Hall–Kier alpha value is -2.70. The van der Waals surface area contributed by atoms with Crippen LogP contribution in [0.2, 0.25) is 0 Å². The van der Waals surface area contributed by atoms with Crippen LogP contribution in [-0.2, 0) is 6.54 Å². The Morgan fingerprint density at radius 1 is 1.15 bits per heavy atom. The Morgan fingerprint density at radius 2 is 1.96 bits per heavy atom. The molecular weight excluding hydrogens is 346 g/mol. The number of hydrogen-bond acceptors (Lipinski definition) is 5. The predicted octanol–water partition coefficient (Wildman–Crippen LogP) is 3.91. The van der Waals surface area contributed by atoms with Crippen molar-refractivity contribution in [3.05, 3.63) is 65.0 Å². The second kappa shape index (κ2) is 7.27. The second-order valence-corrected chi connectivity index (χ2v) is 6.90. The van der Waals surface area contributed by atoms with Crippen molar-refractivity contribution in [3.8, 4) is 17.3 Å². The van der Waals surface area contributed by atoms with E-state index < -0.39 is 6.10 Å². The van der Waals surface area contributed by atoms with Crippen LogP contribution in [0.25, 0.3) is 22.6 Å². The molecule has 0 aliphatic carbocycles. The number of aliphatic hydroxyl groups is 1. The summed E-state index contributed by atoms with van der Waals surface area (Å²) >= 11 is 1.53. The van der Waals surface area contributed by atoms with E-state index in [1.54, 1.807) is 5.51 Å². The molecule has 1 atom stereocenters. The number of rotatable bonds is 6. The summed E-state index contributed by atoms with van der Waals surface area (Å²) in [5.74, 6) is 1.52. The molecule has 2 heterocycles. The Morgan fingerprint density at radius 3 is 2.73 bits per heavy atom. The SMILES string of the molecule is Cc1ccc(OCC(O)Cn2c(-c3cscn3)nc3ccccc32)cc1. The van der Waals surface area contributed by atoms with Crippen LogP contribution < -0.4 is 4.74 Å². The van der Waals surface area contributed by atoms with E-state index in [-0.39, 0.29) is 6.61 Å². The third kappa shape index (κ3) is 3.47. The molecule has 0 spiro atoms. The molecule has 2 aromatic carbocycles. The van der Waals surface area contributed by atoms with E-state index in [1.807, 2.05) is 65.4 Å². The Labute approximate surface area is 155 Å². The lowest BCUT2D eigenvalue weighted by Gasteiger charge is -2.15. The molecule has 0 saturated carbocycles. The third-order valence-electron chi connectivity index (χ3n) is 4.17. The Kier molecular flexibility index (Phi) is 4.69. The van der Waals surface area contributed by atoms with Gasteiger partial charge in [-0.3, -0.25) is 0 Å². The highest BCUT2D eigenvalue weighted by molar-refractivity contribution is 7.07. The van der Waals surface area contributed by atoms with Gasteiger partial charge < -0.3 is 14.4 Å². The molecule has 26 heavy (non-hydrogen) atoms. The average molecular weight is 365 g/mol. The van der Waals surface area contributed by atoms with E-state index in [0.29, 0.717) is 6.54 Å². The van der Waals surface area contributed by atoms with Gasteiger partial charge in [0.05, 0.1) is 23.1 Å². The van der Waals surface area contributed by atoms with Crippen LogP contribution in [0.1, 0.15) is 5.56 Å². The topological polar surface area (TPSA) is 60.2 Å². The van der Waals surface area contributed by atoms with Crippen LogP contribution in [0.5, 0.6) is 5.75 Å². The Bertz CT molecular complexity index is 994. The molecule has 132 valence electrons. The zero-order valence-electron chi connectivity index (χ0n) is 14.4. The molecule has 0 aliphatic rings. The first-order valence-electron chi connectivity index (χ1n) is 8.42. The molecule has 4 aromatic rings. The fraction of sp³-hybridized carbons (Fsp3) is 0.200. The van der Waals surface area contributed by atoms with Gasteiger partial charge in [0.2, 0.25) is 0 Å². The number of thiazole rings is 1. The van der Waals surface area contributed by atoms with Crippen LogP contribution in [0.4, 0.5) is 0 Å². The fourth-order valence-corrected chi connectivity index (χ4v) is 3.40. The fourth-order valence-electron chi connectivity index (χ4n) is 2.87. The summed E-state index contributed by atoms with van der Waals surface area (Å²) < 4.78 is 7.72. The summed E-state index contributed by atoms with van der Waals surface area (Å²) in [5, 5.41) is 12.5. The maximum atomic E-state index is 10.5. The minimum Gasteiger partial charge on any atom is -0.491 e. The first kappa shape index (κ1) is 16.8. The van der Waals surface area contributed by atoms with Gasteiger partial charge in [0.1, 0.15) is 24.2 Å². The highest BCUT2D eigenvalue weighted by Gasteiger charge is 2.17. The number of aromatic nitrogens is 3. The number of aliphatic hydroxyl groups excluding tert-OH is 1. The van der Waals surface area contributed by atoms with E-state index in [2.05, 4.69) is 4.98 Å². The maximum Gasteiger partial charge on any atom is 0.160 e. The zero-order chi connectivity index (χ0) is 17.9. The molecule has 1 unspecified atom stereocenters. The monoisotopic (exact) mass is 365 g/mol. The van der Waals surface area contributed by atoms with Gasteiger partial charge >= 0.3 is 0 Å². The zero-order valence-corrected chi connectivity index (χ0v) is 15.2. The molecule has 6 heteroatoms. The molecular formula is C20H19N3O2S. The molecule has 0 aliphatic heterocycles. The summed E-state index contributed by atoms with van der Waals surface area (Å²) in [6.45, 7) is 2.63. The van der Waals surface area contributed by atoms with Crippen molar-refractivity contribution >= 4 is 22.4 Å². The van der Waals surface area contributed by atoms with Crippen molar-refractivity contribution in [2.75, 3.05) is 6.61 Å². The summed E-state index contributed by atoms with van der Waals surface area (Å²) in [6.07, 6.45) is -0.661. The van der Waals surface area contributed by atoms with Crippen molar-refractivity contribution in [1.82, 2.24) is 14.5 Å². The van der Waals surface area contributed by atoms with Crippen LogP contribution in [-0.4, -0.2) is 32.4 Å². The van der Waals surface area contributed by atoms with E-state index in [9.17, 15) is 5.11 Å². The number of benzene rings is 2. The van der Waals surface area contributed by atoms with Crippen molar-refractivity contribution in [2.45, 2.75) is 19.6 Å². The molecule has 0 fully saturated rings. The van der Waals surface area contributed by atoms with Gasteiger partial charge in [0.25, 0.3) is 0 Å². The number of nitrogens with zero attached hydrogens (tertiary/aromatic N) is 3. The van der Waals surface area contributed by atoms with E-state index in [0.717, 1.165) is 28.3 Å². The van der Waals surface area contributed by atoms with Crippen LogP contribution >= 0.6 is 11.3 Å². The number of hydrogen-bond donors (Lipinski definition) is 1. The van der Waals surface area contributed by atoms with Gasteiger partial charge in [0.15, 0.2) is 5.82 Å². The normalized spacial score (nSPS) is 12.4. The second-order valence-electron chi connectivity index (χ2n) is 6.19. The van der Waals surface area contributed by atoms with Gasteiger partial charge in [-0.15, -0.1) is 11.3 Å². The van der Waals surface area contributed by atoms with Gasteiger partial charge in [-0.25, -0.2) is 9.97 Å². The maximum absolute atomic E-state index is 10.5. The average Bonchev–Trinajstić information content (AvgIpc) is 3.30. The lowest BCUT2D eigenvalue weighted by atomic mass is 10.2. The minimum absolute atomic E-state index is 0.214. The number of aryl methyl sites for hydroxylation is 1. The minimum atomic E-state index is -0.661. The smallest absolute Gasteiger partial charge is 0.160 e. The quantitative estimate of drug-likeness (QED) is 0.563. The third-order valence-corrected chi connectivity index (χ3v) is 4.76.